The number of hydrogen-bond acceptors (Lipinski definition) is 6. The van der Waals surface area contributed by atoms with Gasteiger partial charge in [-0.3, -0.25) is 10.3 Å². The van der Waals surface area contributed by atoms with Crippen LogP contribution < -0.4 is 10.2 Å². The lowest BCUT2D eigenvalue weighted by Gasteiger charge is -2.39. The monoisotopic (exact) mass is 661 g/mol. The first kappa shape index (κ1) is 29.7. The van der Waals surface area contributed by atoms with Crippen LogP contribution in [0.3, 0.4) is 0 Å². The van der Waals surface area contributed by atoms with Crippen LogP contribution in [0.15, 0.2) is 167 Å². The number of fused-ring (bicyclic) bond motifs is 7. The molecular formula is C45H35N5O. The molecule has 0 saturated heterocycles. The molecule has 6 heteroatoms. The number of furan rings is 1. The lowest BCUT2D eigenvalue weighted by atomic mass is 9.82. The van der Waals surface area contributed by atoms with E-state index in [0.717, 1.165) is 39.3 Å². The van der Waals surface area contributed by atoms with Crippen LogP contribution in [0.25, 0.3) is 28.2 Å². The second-order valence-electron chi connectivity index (χ2n) is 13.5. The SMILES string of the molecule is CN1C(c2cccnc2)=NC(c2ccc3c4c(oc3c2)C=CC2C4c3ccccc3N2c2ccccc2)NC1c1ccc(-c2ccccc2)cc1. The molecule has 0 saturated carbocycles. The van der Waals surface area contributed by atoms with E-state index in [1.807, 2.05) is 18.3 Å². The highest BCUT2D eigenvalue weighted by Crippen LogP contribution is 2.53. The van der Waals surface area contributed by atoms with E-state index >= 15 is 0 Å². The number of amidine groups is 1. The molecule has 51 heavy (non-hydrogen) atoms. The number of nitrogens with zero attached hydrogens (tertiary/aromatic N) is 4. The zero-order valence-corrected chi connectivity index (χ0v) is 28.1. The summed E-state index contributed by atoms with van der Waals surface area (Å²) in [6, 6.07) is 49.6. The van der Waals surface area contributed by atoms with E-state index in [4.69, 9.17) is 9.41 Å². The Morgan fingerprint density at radius 2 is 1.43 bits per heavy atom. The van der Waals surface area contributed by atoms with Gasteiger partial charge >= 0.3 is 0 Å². The molecule has 1 aliphatic carbocycles. The fourth-order valence-corrected chi connectivity index (χ4v) is 8.23. The normalized spacial score (nSPS) is 20.5. The topological polar surface area (TPSA) is 56.9 Å². The van der Waals surface area contributed by atoms with Crippen LogP contribution in [0.2, 0.25) is 0 Å². The van der Waals surface area contributed by atoms with Crippen molar-refractivity contribution in [2.75, 3.05) is 11.9 Å². The van der Waals surface area contributed by atoms with Crippen molar-refractivity contribution in [3.63, 3.8) is 0 Å². The van der Waals surface area contributed by atoms with E-state index in [9.17, 15) is 0 Å². The van der Waals surface area contributed by atoms with E-state index in [-0.39, 0.29) is 24.3 Å². The van der Waals surface area contributed by atoms with Gasteiger partial charge in [-0.2, -0.15) is 0 Å². The largest absolute Gasteiger partial charge is 0.456 e. The van der Waals surface area contributed by atoms with Gasteiger partial charge in [0.2, 0.25) is 0 Å². The van der Waals surface area contributed by atoms with Crippen molar-refractivity contribution in [2.24, 2.45) is 4.99 Å². The molecule has 2 aliphatic heterocycles. The highest BCUT2D eigenvalue weighted by atomic mass is 16.3. The first-order valence-corrected chi connectivity index (χ1v) is 17.5. The second kappa shape index (κ2) is 12.0. The second-order valence-corrected chi connectivity index (χ2v) is 13.5. The molecule has 0 spiro atoms. The third-order valence-corrected chi connectivity index (χ3v) is 10.6. The van der Waals surface area contributed by atoms with Gasteiger partial charge in [0.1, 0.15) is 29.5 Å². The number of rotatable bonds is 5. The van der Waals surface area contributed by atoms with Crippen molar-refractivity contribution in [1.82, 2.24) is 15.2 Å². The number of nitrogens with one attached hydrogen (secondary N) is 1. The summed E-state index contributed by atoms with van der Waals surface area (Å²) in [7, 11) is 2.09. The Kier molecular flexibility index (Phi) is 6.96. The number of pyridine rings is 1. The number of benzene rings is 5. The third-order valence-electron chi connectivity index (χ3n) is 10.6. The minimum absolute atomic E-state index is 0.115. The van der Waals surface area contributed by atoms with E-state index in [0.29, 0.717) is 0 Å². The van der Waals surface area contributed by atoms with Crippen molar-refractivity contribution >= 4 is 34.3 Å². The maximum Gasteiger partial charge on any atom is 0.135 e. The average Bonchev–Trinajstić information content (AvgIpc) is 3.74. The van der Waals surface area contributed by atoms with E-state index in [2.05, 4.69) is 167 Å². The summed E-state index contributed by atoms with van der Waals surface area (Å²) >= 11 is 0. The Morgan fingerprint density at radius 3 is 2.24 bits per heavy atom. The van der Waals surface area contributed by atoms with Crippen LogP contribution in [0, 0.1) is 0 Å². The van der Waals surface area contributed by atoms with Gasteiger partial charge in [0.25, 0.3) is 0 Å². The van der Waals surface area contributed by atoms with Crippen LogP contribution in [0.5, 0.6) is 0 Å². The molecule has 3 aliphatic rings. The Bertz CT molecular complexity index is 2440. The molecule has 1 N–H and O–H groups in total. The first-order valence-electron chi connectivity index (χ1n) is 17.5. The highest BCUT2D eigenvalue weighted by Gasteiger charge is 2.43. The van der Waals surface area contributed by atoms with Crippen LogP contribution >= 0.6 is 0 Å². The summed E-state index contributed by atoms with van der Waals surface area (Å²) in [5.74, 6) is 1.98. The van der Waals surface area contributed by atoms with E-state index < -0.39 is 0 Å². The molecular weight excluding hydrogens is 627 g/mol. The van der Waals surface area contributed by atoms with Crippen molar-refractivity contribution < 1.29 is 4.42 Å². The maximum absolute atomic E-state index is 6.68. The molecule has 4 atom stereocenters. The molecule has 246 valence electrons. The molecule has 6 nitrogen and oxygen atoms in total. The Balaban J connectivity index is 1.04. The summed E-state index contributed by atoms with van der Waals surface area (Å²) in [4.78, 5) is 14.4. The smallest absolute Gasteiger partial charge is 0.135 e. The molecule has 0 fully saturated rings. The number of anilines is 2. The lowest BCUT2D eigenvalue weighted by Crippen LogP contribution is -2.46. The summed E-state index contributed by atoms with van der Waals surface area (Å²) in [6.07, 6.45) is 7.74. The minimum atomic E-state index is -0.300. The van der Waals surface area contributed by atoms with Crippen molar-refractivity contribution in [1.29, 1.82) is 0 Å². The van der Waals surface area contributed by atoms with Crippen LogP contribution in [-0.4, -0.2) is 28.8 Å². The molecule has 5 aromatic carbocycles. The number of hydrogen-bond donors (Lipinski definition) is 1. The Labute approximate surface area is 297 Å². The molecule has 2 aromatic heterocycles. The standard InChI is InChI=1S/C45H35N5O/c1-49-44(31-20-18-30(19-21-31)29-11-4-2-5-12-29)47-43(48-45(49)33-13-10-26-46-28-33)32-22-23-36-40(27-32)51-39-25-24-38-41(42(36)39)35-16-8-9-17-37(35)50(38)34-14-6-3-7-15-34/h2-28,38,41,43-44,47H,1H3. The number of aliphatic imine (C=N–C) groups is 1. The van der Waals surface area contributed by atoms with Gasteiger partial charge in [-0.05, 0) is 70.3 Å². The molecule has 10 rings (SSSR count). The summed E-state index contributed by atoms with van der Waals surface area (Å²) in [6.45, 7) is 0. The van der Waals surface area contributed by atoms with E-state index in [1.165, 1.54) is 33.6 Å². The van der Waals surface area contributed by atoms with Crippen LogP contribution in [0.1, 0.15) is 51.8 Å². The summed E-state index contributed by atoms with van der Waals surface area (Å²) < 4.78 is 6.68. The molecule has 0 amide bonds. The first-order chi connectivity index (χ1) is 25.2. The predicted octanol–water partition coefficient (Wildman–Crippen LogP) is 9.85. The van der Waals surface area contributed by atoms with Crippen molar-refractivity contribution in [3.8, 4) is 11.1 Å². The summed E-state index contributed by atoms with van der Waals surface area (Å²) in [5, 5.41) is 5.00. The lowest BCUT2D eigenvalue weighted by molar-refractivity contribution is 0.257. The van der Waals surface area contributed by atoms with Crippen molar-refractivity contribution in [3.05, 3.63) is 192 Å². The van der Waals surface area contributed by atoms with Crippen LogP contribution in [-0.2, 0) is 0 Å². The van der Waals surface area contributed by atoms with Crippen molar-refractivity contribution in [2.45, 2.75) is 24.3 Å². The fourth-order valence-electron chi connectivity index (χ4n) is 8.23. The van der Waals surface area contributed by atoms with Crippen LogP contribution in [0.4, 0.5) is 11.4 Å². The van der Waals surface area contributed by atoms with Gasteiger partial charge in [-0.1, -0.05) is 109 Å². The average molecular weight is 662 g/mol. The zero-order chi connectivity index (χ0) is 33.9. The fraction of sp³-hybridized carbons (Fsp3) is 0.111. The third kappa shape index (κ3) is 4.90. The maximum atomic E-state index is 6.68. The highest BCUT2D eigenvalue weighted by molar-refractivity contribution is 5.99. The molecule has 7 aromatic rings. The quantitative estimate of drug-likeness (QED) is 0.199. The molecule has 0 radical (unpaired) electrons. The molecule has 0 bridgehead atoms. The van der Waals surface area contributed by atoms with Gasteiger partial charge < -0.3 is 14.2 Å². The van der Waals surface area contributed by atoms with Gasteiger partial charge in [0, 0.05) is 53.2 Å². The Morgan fingerprint density at radius 1 is 0.706 bits per heavy atom. The van der Waals surface area contributed by atoms with E-state index in [1.54, 1.807) is 6.20 Å². The summed E-state index contributed by atoms with van der Waals surface area (Å²) in [5.41, 5.74) is 11.5. The van der Waals surface area contributed by atoms with Gasteiger partial charge in [-0.15, -0.1) is 0 Å². The predicted molar refractivity (Wildman–Crippen MR) is 205 cm³/mol. The minimum Gasteiger partial charge on any atom is -0.456 e. The number of para-hydroxylation sites is 2. The molecule has 4 heterocycles. The van der Waals surface area contributed by atoms with Gasteiger partial charge in [0.15, 0.2) is 0 Å². The zero-order valence-electron chi connectivity index (χ0n) is 28.1. The van der Waals surface area contributed by atoms with Gasteiger partial charge in [-0.25, -0.2) is 4.99 Å². The molecule has 4 unspecified atom stereocenters. The number of aromatic nitrogens is 1. The Hall–Kier alpha value is -6.24. The van der Waals surface area contributed by atoms with Gasteiger partial charge in [0.05, 0.1) is 6.04 Å².